The smallest absolute Gasteiger partial charge is 0.0887 e. The molecule has 0 amide bonds. The van der Waals surface area contributed by atoms with Crippen molar-refractivity contribution in [1.29, 1.82) is 0 Å². The Kier molecular flexibility index (Phi) is 5.23. The molecule has 0 bridgehead atoms. The molecule has 1 unspecified atom stereocenters. The number of hydrogen-bond acceptors (Lipinski definition) is 1. The van der Waals surface area contributed by atoms with E-state index in [0.717, 1.165) is 24.3 Å². The van der Waals surface area contributed by atoms with E-state index in [0.29, 0.717) is 0 Å². The molecule has 1 atom stereocenters. The average Bonchev–Trinajstić information content (AvgIpc) is 2.62. The number of halogens is 5. The number of benzene rings is 1. The van der Waals surface area contributed by atoms with Crippen molar-refractivity contribution in [3.8, 4) is 0 Å². The Morgan fingerprint density at radius 3 is 2.53 bits per heavy atom. The summed E-state index contributed by atoms with van der Waals surface area (Å²) in [7, 11) is 0. The van der Waals surface area contributed by atoms with Gasteiger partial charge in [-0.2, -0.15) is 0 Å². The molecule has 0 fully saturated rings. The van der Waals surface area contributed by atoms with Gasteiger partial charge in [-0.3, -0.25) is 0 Å². The van der Waals surface area contributed by atoms with Crippen molar-refractivity contribution in [1.82, 2.24) is 0 Å². The largest absolute Gasteiger partial charge is 0.130 e. The maximum Gasteiger partial charge on any atom is 0.0887 e. The third-order valence-corrected chi connectivity index (χ3v) is 7.19. The first-order chi connectivity index (χ1) is 7.99. The lowest BCUT2D eigenvalue weighted by atomic mass is 10.1. The Labute approximate surface area is 144 Å². The van der Waals surface area contributed by atoms with Gasteiger partial charge in [-0.15, -0.1) is 11.3 Å². The molecule has 2 aromatic rings. The van der Waals surface area contributed by atoms with Crippen molar-refractivity contribution in [2.75, 3.05) is 0 Å². The van der Waals surface area contributed by atoms with Gasteiger partial charge in [0.1, 0.15) is 0 Å². The third kappa shape index (κ3) is 3.39. The minimum atomic E-state index is 0.113. The highest BCUT2D eigenvalue weighted by molar-refractivity contribution is 14.1. The fourth-order valence-corrected chi connectivity index (χ4v) is 5.14. The molecule has 2 rings (SSSR count). The number of thiophene rings is 1. The van der Waals surface area contributed by atoms with E-state index in [-0.39, 0.29) is 4.83 Å². The summed E-state index contributed by atoms with van der Waals surface area (Å²) in [5.74, 6) is 0. The highest BCUT2D eigenvalue weighted by atomic mass is 127. The van der Waals surface area contributed by atoms with Crippen molar-refractivity contribution < 1.29 is 0 Å². The van der Waals surface area contributed by atoms with E-state index in [1.807, 2.05) is 24.3 Å². The summed E-state index contributed by atoms with van der Waals surface area (Å²) in [6, 6.07) is 7.84. The zero-order chi connectivity index (χ0) is 12.6. The van der Waals surface area contributed by atoms with Crippen LogP contribution in [0.2, 0.25) is 10.0 Å². The second kappa shape index (κ2) is 6.09. The first-order valence-electron chi connectivity index (χ1n) is 4.53. The quantitative estimate of drug-likeness (QED) is 0.295. The van der Waals surface area contributed by atoms with E-state index >= 15 is 0 Å². The van der Waals surface area contributed by atoms with Crippen LogP contribution in [-0.2, 0) is 0 Å². The molecule has 0 aliphatic heterocycles. The van der Waals surface area contributed by atoms with Crippen molar-refractivity contribution >= 4 is 89.0 Å². The summed E-state index contributed by atoms with van der Waals surface area (Å²) in [5, 5.41) is 1.48. The van der Waals surface area contributed by atoms with Crippen molar-refractivity contribution in [3.63, 3.8) is 0 Å². The van der Waals surface area contributed by atoms with Gasteiger partial charge in [0.2, 0.25) is 0 Å². The van der Waals surface area contributed by atoms with Crippen LogP contribution in [0.5, 0.6) is 0 Å². The van der Waals surface area contributed by atoms with Gasteiger partial charge in [0.05, 0.1) is 13.6 Å². The second-order valence-corrected chi connectivity index (χ2v) is 8.62. The second-order valence-electron chi connectivity index (χ2n) is 3.30. The summed E-state index contributed by atoms with van der Waals surface area (Å²) in [5.41, 5.74) is 1.16. The van der Waals surface area contributed by atoms with Crippen LogP contribution < -0.4 is 0 Å². The summed E-state index contributed by atoms with van der Waals surface area (Å²) in [6.45, 7) is 0. The van der Waals surface area contributed by atoms with Gasteiger partial charge < -0.3 is 0 Å². The first-order valence-corrected chi connectivity index (χ1v) is 8.88. The molecule has 0 N–H and O–H groups in total. The van der Waals surface area contributed by atoms with Gasteiger partial charge in [0.15, 0.2) is 0 Å². The lowest BCUT2D eigenvalue weighted by Gasteiger charge is -2.10. The first kappa shape index (κ1) is 14.6. The van der Waals surface area contributed by atoms with Crippen LogP contribution in [0.25, 0.3) is 0 Å². The predicted molar refractivity (Wildman–Crippen MR) is 92.0 cm³/mol. The zero-order valence-corrected chi connectivity index (χ0v) is 15.8. The highest BCUT2D eigenvalue weighted by Gasteiger charge is 2.17. The molecule has 1 aromatic carbocycles. The van der Waals surface area contributed by atoms with Crippen LogP contribution >= 0.6 is 89.0 Å². The fraction of sp³-hybridized carbons (Fsp3) is 0.0909. The van der Waals surface area contributed by atoms with E-state index in [4.69, 9.17) is 23.2 Å². The van der Waals surface area contributed by atoms with Gasteiger partial charge in [-0.05, 0) is 68.3 Å². The molecule has 0 aliphatic carbocycles. The van der Waals surface area contributed by atoms with Crippen molar-refractivity contribution in [3.05, 3.63) is 52.1 Å². The molecule has 6 heteroatoms. The maximum absolute atomic E-state index is 6.05. The Morgan fingerprint density at radius 1 is 1.24 bits per heavy atom. The molecule has 0 spiro atoms. The van der Waals surface area contributed by atoms with Gasteiger partial charge in [-0.1, -0.05) is 39.1 Å². The number of rotatable bonds is 2. The Bertz CT molecular complexity index is 537. The van der Waals surface area contributed by atoms with Crippen LogP contribution in [-0.4, -0.2) is 0 Å². The molecular formula is C11H5Br2Cl2IS. The van der Waals surface area contributed by atoms with Gasteiger partial charge in [0, 0.05) is 13.5 Å². The summed E-state index contributed by atoms with van der Waals surface area (Å²) in [6.07, 6.45) is 0. The zero-order valence-electron chi connectivity index (χ0n) is 8.18. The molecule has 0 nitrogen and oxygen atoms in total. The predicted octanol–water partition coefficient (Wildman–Crippen LogP) is 6.91. The Morgan fingerprint density at radius 2 is 1.94 bits per heavy atom. The number of alkyl halides is 1. The van der Waals surface area contributed by atoms with E-state index < -0.39 is 0 Å². The van der Waals surface area contributed by atoms with Crippen molar-refractivity contribution in [2.45, 2.75) is 4.83 Å². The summed E-state index contributed by atoms with van der Waals surface area (Å²) >= 11 is 23.1. The minimum Gasteiger partial charge on any atom is -0.130 e. The minimum absolute atomic E-state index is 0.113. The van der Waals surface area contributed by atoms with E-state index in [9.17, 15) is 0 Å². The van der Waals surface area contributed by atoms with E-state index in [2.05, 4.69) is 54.5 Å². The normalized spacial score (nSPS) is 12.8. The highest BCUT2D eigenvalue weighted by Crippen LogP contribution is 2.42. The summed E-state index contributed by atoms with van der Waals surface area (Å²) < 4.78 is 2.13. The summed E-state index contributed by atoms with van der Waals surface area (Å²) in [4.78, 5) is 1.27. The van der Waals surface area contributed by atoms with Crippen LogP contribution in [0.3, 0.4) is 0 Å². The molecule has 17 heavy (non-hydrogen) atoms. The van der Waals surface area contributed by atoms with Crippen LogP contribution in [0, 0.1) is 3.57 Å². The standard InChI is InChI=1S/C11H5Br2Cl2IS/c12-10(9-4-7(15)11(13)17-9)6-3-5(14)1-2-8(6)16/h1-4,10H. The van der Waals surface area contributed by atoms with Gasteiger partial charge >= 0.3 is 0 Å². The molecular weight excluding hydrogens is 522 g/mol. The Hall–Kier alpha value is 1.19. The van der Waals surface area contributed by atoms with E-state index in [1.54, 1.807) is 11.3 Å². The maximum atomic E-state index is 6.05. The molecule has 90 valence electrons. The van der Waals surface area contributed by atoms with Crippen LogP contribution in [0.1, 0.15) is 15.3 Å². The third-order valence-electron chi connectivity index (χ3n) is 2.15. The lowest BCUT2D eigenvalue weighted by molar-refractivity contribution is 1.21. The fourth-order valence-electron chi connectivity index (χ4n) is 1.35. The van der Waals surface area contributed by atoms with Crippen LogP contribution in [0.4, 0.5) is 0 Å². The molecule has 0 aliphatic rings. The van der Waals surface area contributed by atoms with Crippen LogP contribution in [0.15, 0.2) is 28.1 Å². The lowest BCUT2D eigenvalue weighted by Crippen LogP contribution is -1.93. The topological polar surface area (TPSA) is 0 Å². The monoisotopic (exact) mass is 524 g/mol. The molecule has 1 heterocycles. The number of hydrogen-bond donors (Lipinski definition) is 0. The SMILES string of the molecule is Clc1ccc(I)c(C(Br)c2cc(Cl)c(Br)s2)c1. The molecule has 0 radical (unpaired) electrons. The Balaban J connectivity index is 2.42. The average molecular weight is 527 g/mol. The molecule has 1 aromatic heterocycles. The van der Waals surface area contributed by atoms with Gasteiger partial charge in [0.25, 0.3) is 0 Å². The van der Waals surface area contributed by atoms with E-state index in [1.165, 1.54) is 3.57 Å². The molecule has 0 saturated carbocycles. The molecule has 0 saturated heterocycles. The van der Waals surface area contributed by atoms with Crippen molar-refractivity contribution in [2.24, 2.45) is 0 Å². The van der Waals surface area contributed by atoms with Gasteiger partial charge in [-0.25, -0.2) is 0 Å².